The molecule has 0 unspecified atom stereocenters. The van der Waals surface area contributed by atoms with Crippen LogP contribution in [0, 0.1) is 5.82 Å². The summed E-state index contributed by atoms with van der Waals surface area (Å²) in [4.78, 5) is 25.0. The van der Waals surface area contributed by atoms with Crippen molar-refractivity contribution in [1.82, 2.24) is 9.78 Å². The number of benzene rings is 1. The number of nitrogens with zero attached hydrogens (tertiary/aromatic N) is 3. The van der Waals surface area contributed by atoms with Gasteiger partial charge in [0.1, 0.15) is 5.82 Å². The molecule has 2 aromatic rings. The molecule has 1 amide bonds. The Hall–Kier alpha value is -2.50. The Kier molecular flexibility index (Phi) is 2.45. The first-order chi connectivity index (χ1) is 9.06. The number of hydrogen-bond acceptors (Lipinski definition) is 3. The van der Waals surface area contributed by atoms with Crippen LogP contribution in [-0.4, -0.2) is 21.5 Å². The van der Waals surface area contributed by atoms with Crippen LogP contribution in [0.15, 0.2) is 30.6 Å². The summed E-state index contributed by atoms with van der Waals surface area (Å²) in [5, 5.41) is 4.00. The maximum absolute atomic E-state index is 13.3. The standard InChI is InChI=1S/C13H10FN3O2/c1-16-6-8(5-15-16)7-17-11-4-9(14)2-3-10(11)12(18)13(17)19/h2-6H,7H2,1H3. The molecule has 0 saturated heterocycles. The van der Waals surface area contributed by atoms with Gasteiger partial charge in [0, 0.05) is 18.8 Å². The maximum Gasteiger partial charge on any atom is 0.299 e. The molecular formula is C13H10FN3O2. The molecule has 0 radical (unpaired) electrons. The number of carbonyl (C=O) groups is 2. The normalized spacial score (nSPS) is 14.1. The van der Waals surface area contributed by atoms with Gasteiger partial charge in [-0.3, -0.25) is 14.3 Å². The smallest absolute Gasteiger partial charge is 0.299 e. The first-order valence-corrected chi connectivity index (χ1v) is 5.69. The van der Waals surface area contributed by atoms with E-state index in [1.54, 1.807) is 24.1 Å². The second-order valence-electron chi connectivity index (χ2n) is 4.40. The average molecular weight is 259 g/mol. The summed E-state index contributed by atoms with van der Waals surface area (Å²) >= 11 is 0. The third-order valence-electron chi connectivity index (χ3n) is 3.03. The number of carbonyl (C=O) groups excluding carboxylic acids is 2. The molecule has 0 atom stereocenters. The van der Waals surface area contributed by atoms with Crippen molar-refractivity contribution in [3.63, 3.8) is 0 Å². The largest absolute Gasteiger partial charge is 0.300 e. The van der Waals surface area contributed by atoms with Crippen molar-refractivity contribution in [2.75, 3.05) is 4.90 Å². The molecule has 2 heterocycles. The summed E-state index contributed by atoms with van der Waals surface area (Å²) < 4.78 is 14.9. The predicted octanol–water partition coefficient (Wildman–Crippen LogP) is 1.29. The summed E-state index contributed by atoms with van der Waals surface area (Å²) in [5.74, 6) is -1.71. The van der Waals surface area contributed by atoms with Gasteiger partial charge in [0.05, 0.1) is 24.0 Å². The maximum atomic E-state index is 13.3. The summed E-state index contributed by atoms with van der Waals surface area (Å²) in [6.07, 6.45) is 3.35. The third-order valence-corrected chi connectivity index (χ3v) is 3.03. The Balaban J connectivity index is 2.01. The molecule has 3 rings (SSSR count). The lowest BCUT2D eigenvalue weighted by Crippen LogP contribution is -2.29. The van der Waals surface area contributed by atoms with Crippen LogP contribution in [0.1, 0.15) is 15.9 Å². The fourth-order valence-corrected chi connectivity index (χ4v) is 2.16. The highest BCUT2D eigenvalue weighted by molar-refractivity contribution is 6.52. The van der Waals surface area contributed by atoms with E-state index in [0.29, 0.717) is 5.69 Å². The van der Waals surface area contributed by atoms with Gasteiger partial charge in [-0.1, -0.05) is 0 Å². The van der Waals surface area contributed by atoms with Gasteiger partial charge in [0.15, 0.2) is 0 Å². The molecular weight excluding hydrogens is 249 g/mol. The fourth-order valence-electron chi connectivity index (χ4n) is 2.16. The number of hydrogen-bond donors (Lipinski definition) is 0. The van der Waals surface area contributed by atoms with Crippen LogP contribution in [-0.2, 0) is 18.4 Å². The molecule has 1 aromatic carbocycles. The van der Waals surface area contributed by atoms with Crippen LogP contribution in [0.5, 0.6) is 0 Å². The van der Waals surface area contributed by atoms with Gasteiger partial charge in [-0.15, -0.1) is 0 Å². The lowest BCUT2D eigenvalue weighted by Gasteiger charge is -2.15. The number of rotatable bonds is 2. The van der Waals surface area contributed by atoms with Crippen molar-refractivity contribution in [3.8, 4) is 0 Å². The monoisotopic (exact) mass is 259 g/mol. The summed E-state index contributed by atoms with van der Waals surface area (Å²) in [6.45, 7) is 0.203. The minimum Gasteiger partial charge on any atom is -0.300 e. The topological polar surface area (TPSA) is 55.2 Å². The third kappa shape index (κ3) is 1.81. The minimum atomic E-state index is -0.635. The lowest BCUT2D eigenvalue weighted by molar-refractivity contribution is -0.114. The van der Waals surface area contributed by atoms with E-state index in [-0.39, 0.29) is 12.1 Å². The van der Waals surface area contributed by atoms with Crippen molar-refractivity contribution in [3.05, 3.63) is 47.5 Å². The summed E-state index contributed by atoms with van der Waals surface area (Å²) in [7, 11) is 1.76. The Bertz CT molecular complexity index is 693. The Morgan fingerprint density at radius 3 is 2.79 bits per heavy atom. The Morgan fingerprint density at radius 2 is 2.11 bits per heavy atom. The highest BCUT2D eigenvalue weighted by Gasteiger charge is 2.36. The van der Waals surface area contributed by atoms with E-state index in [4.69, 9.17) is 0 Å². The van der Waals surface area contributed by atoms with Gasteiger partial charge in [0.2, 0.25) is 0 Å². The number of ketones is 1. The lowest BCUT2D eigenvalue weighted by atomic mass is 10.1. The zero-order valence-electron chi connectivity index (χ0n) is 10.1. The molecule has 0 N–H and O–H groups in total. The van der Waals surface area contributed by atoms with Gasteiger partial charge in [-0.05, 0) is 18.2 Å². The predicted molar refractivity (Wildman–Crippen MR) is 65.1 cm³/mol. The van der Waals surface area contributed by atoms with Crippen molar-refractivity contribution in [1.29, 1.82) is 0 Å². The molecule has 0 spiro atoms. The van der Waals surface area contributed by atoms with Crippen molar-refractivity contribution >= 4 is 17.4 Å². The zero-order valence-corrected chi connectivity index (χ0v) is 10.1. The second-order valence-corrected chi connectivity index (χ2v) is 4.40. The second kappa shape index (κ2) is 4.01. The summed E-state index contributed by atoms with van der Waals surface area (Å²) in [5.41, 5.74) is 1.34. The van der Waals surface area contributed by atoms with E-state index in [2.05, 4.69) is 5.10 Å². The number of amides is 1. The van der Waals surface area contributed by atoms with Crippen LogP contribution in [0.4, 0.5) is 10.1 Å². The van der Waals surface area contributed by atoms with Gasteiger partial charge >= 0.3 is 0 Å². The molecule has 0 aliphatic carbocycles. The molecule has 1 aliphatic heterocycles. The molecule has 6 heteroatoms. The van der Waals surface area contributed by atoms with Gasteiger partial charge in [0.25, 0.3) is 11.7 Å². The Morgan fingerprint density at radius 1 is 1.32 bits per heavy atom. The molecule has 1 aliphatic rings. The minimum absolute atomic E-state index is 0.203. The Labute approximate surface area is 108 Å². The highest BCUT2D eigenvalue weighted by Crippen LogP contribution is 2.30. The molecule has 0 saturated carbocycles. The molecule has 1 aromatic heterocycles. The molecule has 19 heavy (non-hydrogen) atoms. The molecule has 0 fully saturated rings. The number of halogens is 1. The quantitative estimate of drug-likeness (QED) is 0.764. The van der Waals surface area contributed by atoms with E-state index in [0.717, 1.165) is 5.56 Å². The number of aromatic nitrogens is 2. The van der Waals surface area contributed by atoms with Crippen LogP contribution < -0.4 is 4.90 Å². The zero-order chi connectivity index (χ0) is 13.6. The van der Waals surface area contributed by atoms with Gasteiger partial charge in [-0.2, -0.15) is 5.10 Å². The average Bonchev–Trinajstić information content (AvgIpc) is 2.88. The van der Waals surface area contributed by atoms with Gasteiger partial charge < -0.3 is 4.90 Å². The van der Waals surface area contributed by atoms with Crippen molar-refractivity contribution in [2.45, 2.75) is 6.54 Å². The number of Topliss-reactive ketones (excluding diaryl/α,β-unsaturated/α-hetero) is 1. The number of fused-ring (bicyclic) bond motifs is 1. The molecule has 96 valence electrons. The molecule has 0 bridgehead atoms. The highest BCUT2D eigenvalue weighted by atomic mass is 19.1. The van der Waals surface area contributed by atoms with E-state index in [1.807, 2.05) is 0 Å². The van der Waals surface area contributed by atoms with E-state index in [9.17, 15) is 14.0 Å². The van der Waals surface area contributed by atoms with Gasteiger partial charge in [-0.25, -0.2) is 4.39 Å². The van der Waals surface area contributed by atoms with Crippen LogP contribution in [0.25, 0.3) is 0 Å². The van der Waals surface area contributed by atoms with Crippen LogP contribution >= 0.6 is 0 Å². The van der Waals surface area contributed by atoms with Crippen molar-refractivity contribution < 1.29 is 14.0 Å². The number of anilines is 1. The van der Waals surface area contributed by atoms with E-state index < -0.39 is 17.5 Å². The van der Waals surface area contributed by atoms with E-state index in [1.165, 1.54) is 23.1 Å². The SMILES string of the molecule is Cn1cc(CN2C(=O)C(=O)c3ccc(F)cc32)cn1. The first-order valence-electron chi connectivity index (χ1n) is 5.69. The van der Waals surface area contributed by atoms with Crippen LogP contribution in [0.2, 0.25) is 0 Å². The molecule has 5 nitrogen and oxygen atoms in total. The van der Waals surface area contributed by atoms with Crippen molar-refractivity contribution in [2.24, 2.45) is 7.05 Å². The number of aryl methyl sites for hydroxylation is 1. The van der Waals surface area contributed by atoms with Crippen LogP contribution in [0.3, 0.4) is 0 Å². The van der Waals surface area contributed by atoms with E-state index >= 15 is 0 Å². The summed E-state index contributed by atoms with van der Waals surface area (Å²) in [6, 6.07) is 3.72. The fraction of sp³-hybridized carbons (Fsp3) is 0.154. The first kappa shape index (κ1) is 11.6.